The van der Waals surface area contributed by atoms with Crippen LogP contribution in [-0.2, 0) is 7.05 Å². The topological polar surface area (TPSA) is 29.9 Å². The third-order valence-corrected chi connectivity index (χ3v) is 1.82. The van der Waals surface area contributed by atoms with Crippen LogP contribution in [0.3, 0.4) is 0 Å². The predicted octanol–water partition coefficient (Wildman–Crippen LogP) is 2.19. The maximum absolute atomic E-state index is 4.27. The molecule has 3 heteroatoms. The molecule has 0 aliphatic carbocycles. The van der Waals surface area contributed by atoms with E-state index in [1.165, 1.54) is 0 Å². The molecule has 0 saturated carbocycles. The van der Waals surface area contributed by atoms with Gasteiger partial charge in [0.1, 0.15) is 0 Å². The second-order valence-electron chi connectivity index (χ2n) is 4.72. The van der Waals surface area contributed by atoms with Gasteiger partial charge < -0.3 is 5.32 Å². The molecule has 1 rings (SSSR count). The van der Waals surface area contributed by atoms with Gasteiger partial charge in [-0.05, 0) is 12.3 Å². The van der Waals surface area contributed by atoms with Crippen LogP contribution in [0.5, 0.6) is 0 Å². The molecule has 0 aromatic carbocycles. The lowest BCUT2D eigenvalue weighted by Crippen LogP contribution is -2.19. The smallest absolute Gasteiger partial charge is 0.0824 e. The summed E-state index contributed by atoms with van der Waals surface area (Å²) in [5.74, 6) is 0. The van der Waals surface area contributed by atoms with Gasteiger partial charge in [0.05, 0.1) is 11.4 Å². The summed E-state index contributed by atoms with van der Waals surface area (Å²) < 4.78 is 1.83. The molecule has 0 fully saturated rings. The molecule has 0 spiro atoms. The molecule has 3 nitrogen and oxygen atoms in total. The average Bonchev–Trinajstić information content (AvgIpc) is 2.24. The van der Waals surface area contributed by atoms with E-state index in [1.54, 1.807) is 0 Å². The van der Waals surface area contributed by atoms with Gasteiger partial charge >= 0.3 is 0 Å². The number of aryl methyl sites for hydroxylation is 2. The van der Waals surface area contributed by atoms with E-state index in [1.807, 2.05) is 24.9 Å². The summed E-state index contributed by atoms with van der Waals surface area (Å²) >= 11 is 0. The number of anilines is 1. The summed E-state index contributed by atoms with van der Waals surface area (Å²) in [6.45, 7) is 9.63. The lowest BCUT2D eigenvalue weighted by atomic mass is 9.97. The Morgan fingerprint density at radius 1 is 1.46 bits per heavy atom. The molecular formula is C10H19N3. The summed E-state index contributed by atoms with van der Waals surface area (Å²) in [5, 5.41) is 7.66. The maximum Gasteiger partial charge on any atom is 0.0824 e. The normalized spacial score (nSPS) is 11.8. The third kappa shape index (κ3) is 3.09. The van der Waals surface area contributed by atoms with Gasteiger partial charge in [-0.3, -0.25) is 4.68 Å². The van der Waals surface area contributed by atoms with Crippen molar-refractivity contribution < 1.29 is 0 Å². The molecule has 0 radical (unpaired) electrons. The minimum Gasteiger partial charge on any atom is -0.382 e. The molecule has 0 saturated heterocycles. The number of nitrogens with zero attached hydrogens (tertiary/aromatic N) is 2. The Morgan fingerprint density at radius 3 is 2.46 bits per heavy atom. The molecule has 1 aromatic rings. The van der Waals surface area contributed by atoms with E-state index >= 15 is 0 Å². The second kappa shape index (κ2) is 3.40. The van der Waals surface area contributed by atoms with E-state index in [2.05, 4.69) is 31.2 Å². The van der Waals surface area contributed by atoms with Crippen molar-refractivity contribution in [2.45, 2.75) is 27.7 Å². The zero-order valence-corrected chi connectivity index (χ0v) is 9.18. The molecule has 1 N–H and O–H groups in total. The fourth-order valence-electron chi connectivity index (χ4n) is 1.13. The SMILES string of the molecule is Cc1nn(C)cc1NCC(C)(C)C. The average molecular weight is 181 g/mol. The molecule has 13 heavy (non-hydrogen) atoms. The summed E-state index contributed by atoms with van der Waals surface area (Å²) in [5.41, 5.74) is 2.51. The Labute approximate surface area is 80.1 Å². The van der Waals surface area contributed by atoms with Crippen LogP contribution in [0.15, 0.2) is 6.20 Å². The van der Waals surface area contributed by atoms with E-state index in [9.17, 15) is 0 Å². The predicted molar refractivity (Wildman–Crippen MR) is 55.9 cm³/mol. The van der Waals surface area contributed by atoms with Crippen LogP contribution >= 0.6 is 0 Å². The third-order valence-electron chi connectivity index (χ3n) is 1.82. The molecule has 1 heterocycles. The molecule has 0 amide bonds. The fraction of sp³-hybridized carbons (Fsp3) is 0.700. The van der Waals surface area contributed by atoms with Gasteiger partial charge in [-0.2, -0.15) is 5.10 Å². The molecule has 1 aromatic heterocycles. The van der Waals surface area contributed by atoms with Crippen molar-refractivity contribution in [1.29, 1.82) is 0 Å². The van der Waals surface area contributed by atoms with Crippen molar-refractivity contribution in [3.63, 3.8) is 0 Å². The lowest BCUT2D eigenvalue weighted by molar-refractivity contribution is 0.443. The maximum atomic E-state index is 4.27. The number of aromatic nitrogens is 2. The van der Waals surface area contributed by atoms with Gasteiger partial charge in [-0.15, -0.1) is 0 Å². The van der Waals surface area contributed by atoms with Gasteiger partial charge in [0.25, 0.3) is 0 Å². The van der Waals surface area contributed by atoms with Crippen molar-refractivity contribution in [2.24, 2.45) is 12.5 Å². The molecule has 0 atom stereocenters. The van der Waals surface area contributed by atoms with Gasteiger partial charge in [-0.1, -0.05) is 20.8 Å². The van der Waals surface area contributed by atoms with Crippen LogP contribution < -0.4 is 5.32 Å². The van der Waals surface area contributed by atoms with Gasteiger partial charge in [0, 0.05) is 19.8 Å². The van der Waals surface area contributed by atoms with Crippen LogP contribution in [0.4, 0.5) is 5.69 Å². The highest BCUT2D eigenvalue weighted by Gasteiger charge is 2.11. The van der Waals surface area contributed by atoms with Crippen molar-refractivity contribution in [1.82, 2.24) is 9.78 Å². The minimum atomic E-state index is 0.308. The van der Waals surface area contributed by atoms with E-state index in [4.69, 9.17) is 0 Å². The molecular weight excluding hydrogens is 162 g/mol. The second-order valence-corrected chi connectivity index (χ2v) is 4.72. The van der Waals surface area contributed by atoms with Crippen molar-refractivity contribution >= 4 is 5.69 Å². The van der Waals surface area contributed by atoms with Gasteiger partial charge in [0.15, 0.2) is 0 Å². The molecule has 0 unspecified atom stereocenters. The zero-order valence-electron chi connectivity index (χ0n) is 9.18. The highest BCUT2D eigenvalue weighted by Crippen LogP contribution is 2.17. The van der Waals surface area contributed by atoms with Crippen LogP contribution in [0.25, 0.3) is 0 Å². The quantitative estimate of drug-likeness (QED) is 0.758. The van der Waals surface area contributed by atoms with Crippen molar-refractivity contribution in [2.75, 3.05) is 11.9 Å². The highest BCUT2D eigenvalue weighted by molar-refractivity contribution is 5.45. The standard InChI is InChI=1S/C10H19N3/c1-8-9(6-13(5)12-8)11-7-10(2,3)4/h6,11H,7H2,1-5H3. The Kier molecular flexibility index (Phi) is 2.64. The summed E-state index contributed by atoms with van der Waals surface area (Å²) in [6.07, 6.45) is 2.01. The van der Waals surface area contributed by atoms with Gasteiger partial charge in [-0.25, -0.2) is 0 Å². The Bertz CT molecular complexity index is 281. The molecule has 0 bridgehead atoms. The van der Waals surface area contributed by atoms with Crippen molar-refractivity contribution in [3.05, 3.63) is 11.9 Å². The zero-order chi connectivity index (χ0) is 10.1. The Morgan fingerprint density at radius 2 is 2.08 bits per heavy atom. The first-order chi connectivity index (χ1) is 5.88. The van der Waals surface area contributed by atoms with E-state index < -0.39 is 0 Å². The van der Waals surface area contributed by atoms with E-state index in [-0.39, 0.29) is 0 Å². The minimum absolute atomic E-state index is 0.308. The van der Waals surface area contributed by atoms with Crippen molar-refractivity contribution in [3.8, 4) is 0 Å². The number of hydrogen-bond donors (Lipinski definition) is 1. The number of hydrogen-bond acceptors (Lipinski definition) is 2. The first kappa shape index (κ1) is 10.1. The summed E-state index contributed by atoms with van der Waals surface area (Å²) in [4.78, 5) is 0. The van der Waals surface area contributed by atoms with E-state index in [0.29, 0.717) is 5.41 Å². The van der Waals surface area contributed by atoms with Crippen LogP contribution in [0.2, 0.25) is 0 Å². The Balaban J connectivity index is 2.59. The van der Waals surface area contributed by atoms with Gasteiger partial charge in [0.2, 0.25) is 0 Å². The first-order valence-electron chi connectivity index (χ1n) is 4.62. The highest BCUT2D eigenvalue weighted by atomic mass is 15.3. The lowest BCUT2D eigenvalue weighted by Gasteiger charge is -2.18. The van der Waals surface area contributed by atoms with Crippen LogP contribution in [0.1, 0.15) is 26.5 Å². The molecule has 74 valence electrons. The summed E-state index contributed by atoms with van der Waals surface area (Å²) in [6, 6.07) is 0. The summed E-state index contributed by atoms with van der Waals surface area (Å²) in [7, 11) is 1.94. The first-order valence-corrected chi connectivity index (χ1v) is 4.62. The van der Waals surface area contributed by atoms with Crippen LogP contribution in [0, 0.1) is 12.3 Å². The van der Waals surface area contributed by atoms with E-state index in [0.717, 1.165) is 17.9 Å². The Hall–Kier alpha value is -0.990. The number of rotatable bonds is 2. The fourth-order valence-corrected chi connectivity index (χ4v) is 1.13. The number of nitrogens with one attached hydrogen (secondary N) is 1. The molecule has 0 aliphatic heterocycles. The molecule has 0 aliphatic rings. The monoisotopic (exact) mass is 181 g/mol. The van der Waals surface area contributed by atoms with Crippen LogP contribution in [-0.4, -0.2) is 16.3 Å². The largest absolute Gasteiger partial charge is 0.382 e.